The number of aromatic nitrogens is 8. The summed E-state index contributed by atoms with van der Waals surface area (Å²) in [7, 11) is -16.8. The maximum absolute atomic E-state index is 12.3. The number of aliphatic hydroxyl groups is 3. The van der Waals surface area contributed by atoms with Crippen molar-refractivity contribution in [2.75, 3.05) is 37.4 Å². The predicted molar refractivity (Wildman–Crippen MR) is 291 cm³/mol. The minimum Gasteiger partial charge on any atom is -0.468 e. The Labute approximate surface area is 496 Å². The normalized spacial score (nSPS) is 20.3. The Balaban J connectivity index is 0.000000254. The second-order valence-corrected chi connectivity index (χ2v) is 23.0. The fraction of sp³-hybridized carbons (Fsp3) is 0.391. The van der Waals surface area contributed by atoms with E-state index in [0.717, 1.165) is 6.07 Å². The molecule has 2 aliphatic heterocycles. The number of imidazole rings is 2. The number of carbonyl (C=O) groups is 2. The molecule has 6 heterocycles. The number of nitro benzene ring substituents is 2. The van der Waals surface area contributed by atoms with Gasteiger partial charge in [0.25, 0.3) is 11.4 Å². The van der Waals surface area contributed by atoms with Gasteiger partial charge < -0.3 is 70.6 Å². The van der Waals surface area contributed by atoms with Gasteiger partial charge in [-0.05, 0) is 38.1 Å². The van der Waals surface area contributed by atoms with Crippen molar-refractivity contribution in [1.29, 1.82) is 0 Å². The first kappa shape index (κ1) is 68.3. The van der Waals surface area contributed by atoms with Gasteiger partial charge in [0.2, 0.25) is 29.6 Å². The van der Waals surface area contributed by atoms with E-state index in [2.05, 4.69) is 72.0 Å². The number of aliphatic hydroxyl groups excluding tert-OH is 3. The number of hydrogen-bond acceptors (Lipinski definition) is 27. The van der Waals surface area contributed by atoms with Crippen LogP contribution in [0.15, 0.2) is 49.1 Å². The lowest BCUT2D eigenvalue weighted by Gasteiger charge is -2.19. The number of nitrogens with zero attached hydrogens (tertiary/aromatic N) is 10. The number of amides is 2. The van der Waals surface area contributed by atoms with Gasteiger partial charge in [-0.15, -0.1) is 0 Å². The van der Waals surface area contributed by atoms with Gasteiger partial charge in [0, 0.05) is 43.0 Å². The molecule has 0 radical (unpaired) electrons. The molecule has 0 saturated carbocycles. The van der Waals surface area contributed by atoms with Gasteiger partial charge in [-0.3, -0.25) is 48.8 Å². The van der Waals surface area contributed by atoms with E-state index in [4.69, 9.17) is 40.2 Å². The third kappa shape index (κ3) is 17.8. The summed E-state index contributed by atoms with van der Waals surface area (Å²) in [6.45, 7) is 2.38. The summed E-state index contributed by atoms with van der Waals surface area (Å²) in [5.41, 5.74) is 11.7. The second kappa shape index (κ2) is 28.1. The van der Waals surface area contributed by atoms with Crippen LogP contribution < -0.4 is 31.6 Å². The van der Waals surface area contributed by atoms with E-state index in [0.29, 0.717) is 5.56 Å². The number of halogens is 3. The number of hydrogen-bond donors (Lipinski definition) is 11. The summed E-state index contributed by atoms with van der Waals surface area (Å²) < 4.78 is 109. The van der Waals surface area contributed by atoms with Crippen LogP contribution in [0, 0.1) is 43.9 Å². The zero-order valence-electron chi connectivity index (χ0n) is 45.7. The lowest BCUT2D eigenvalue weighted by molar-refractivity contribution is -0.386. The van der Waals surface area contributed by atoms with Crippen molar-refractivity contribution in [3.63, 3.8) is 0 Å². The third-order valence-corrected chi connectivity index (χ3v) is 16.0. The molecule has 4 unspecified atom stereocenters. The van der Waals surface area contributed by atoms with Gasteiger partial charge >= 0.3 is 35.6 Å². The van der Waals surface area contributed by atoms with Crippen LogP contribution in [0.3, 0.4) is 0 Å². The number of phosphoric ester groups is 1. The Morgan fingerprint density at radius 2 is 1.30 bits per heavy atom. The van der Waals surface area contributed by atoms with Crippen LogP contribution in [0.25, 0.3) is 22.3 Å². The van der Waals surface area contributed by atoms with Crippen LogP contribution >= 0.6 is 23.5 Å². The number of rotatable bonds is 20. The van der Waals surface area contributed by atoms with Crippen molar-refractivity contribution < 1.29 is 113 Å². The zero-order chi connectivity index (χ0) is 65.5. The number of nitrogen functional groups attached to an aromatic ring is 1. The largest absolute Gasteiger partial charge is 0.490 e. The standard InChI is InChI=1S/C25H24F3N7O8.C21H26N7O15P3/c1-12(15-6-5-14(8-16(15)35(40)41)4-3-7-29-23(39)25(26,27)28)42-22-20-21(32-24(33-22)31-13(2)37)34(11-30-20)19-9-17(38)18(10-36)43-19;1-11(13-5-4-12(3-2-6-22)7-14(13)28(30)31)40-20-18-19(25-21(23)26-20)27(10-24-18)17-8-15(29)16(41-17)9-39-45(35,36)43-46(37,38)42-44(32,33)34/h5-6,8,11-12,17-19,36,38H,7,9-10H2,1-2H3,(H,29,39)(H,31,32,33,37);4-5,7,10-11,15-17,29H,6,8-9,22H2,1H3,(H,35,36)(H,37,38)(H2,23,25,26)(H2,32,33,34)/t12?,17-,18-,19-;11?,15-,16-,17-/m11/s1. The maximum Gasteiger partial charge on any atom is 0.490 e. The molecular formula is C46H50F3N14O23P3. The number of ether oxygens (including phenoxy) is 4. The molecule has 8 rings (SSSR count). The molecule has 0 aliphatic carbocycles. The lowest BCUT2D eigenvalue weighted by atomic mass is 10.1. The molecule has 2 fully saturated rings. The number of phosphoric acid groups is 3. The highest BCUT2D eigenvalue weighted by atomic mass is 31.3. The van der Waals surface area contributed by atoms with Crippen LogP contribution in [-0.2, 0) is 45.9 Å². The molecule has 10 atom stereocenters. The predicted octanol–water partition coefficient (Wildman–Crippen LogP) is 2.26. The molecule has 43 heteroatoms. The van der Waals surface area contributed by atoms with E-state index >= 15 is 0 Å². The average molecular weight is 1320 g/mol. The van der Waals surface area contributed by atoms with Crippen molar-refractivity contribution in [2.24, 2.45) is 5.73 Å². The summed E-state index contributed by atoms with van der Waals surface area (Å²) >= 11 is 0. The summed E-state index contributed by atoms with van der Waals surface area (Å²) in [6, 6.07) is 8.14. The van der Waals surface area contributed by atoms with Gasteiger partial charge in [-0.25, -0.2) is 23.7 Å². The van der Waals surface area contributed by atoms with E-state index in [1.807, 2.05) is 0 Å². The first-order valence-corrected chi connectivity index (χ1v) is 29.7. The van der Waals surface area contributed by atoms with Crippen molar-refractivity contribution >= 4 is 80.9 Å². The molecule has 13 N–H and O–H groups in total. The zero-order valence-corrected chi connectivity index (χ0v) is 48.4. The third-order valence-electron chi connectivity index (χ3n) is 12.2. The Kier molecular flexibility index (Phi) is 21.5. The minimum absolute atomic E-state index is 0.0577. The van der Waals surface area contributed by atoms with E-state index in [1.165, 1.54) is 66.8 Å². The van der Waals surface area contributed by atoms with Crippen molar-refractivity contribution in [3.05, 3.63) is 91.5 Å². The topological polar surface area (TPSA) is 541 Å². The Morgan fingerprint density at radius 1 is 0.798 bits per heavy atom. The van der Waals surface area contributed by atoms with Crippen LogP contribution in [0.4, 0.5) is 36.4 Å². The van der Waals surface area contributed by atoms with Crippen LogP contribution in [0.5, 0.6) is 11.8 Å². The summed E-state index contributed by atoms with van der Waals surface area (Å²) in [4.78, 5) is 106. The van der Waals surface area contributed by atoms with Gasteiger partial charge in [0.05, 0.1) is 72.1 Å². The highest BCUT2D eigenvalue weighted by Crippen LogP contribution is 2.66. The summed E-state index contributed by atoms with van der Waals surface area (Å²) in [5, 5.41) is 57.7. The maximum atomic E-state index is 12.3. The van der Waals surface area contributed by atoms with Crippen LogP contribution in [0.2, 0.25) is 0 Å². The van der Waals surface area contributed by atoms with Crippen molar-refractivity contribution in [1.82, 2.24) is 44.4 Å². The van der Waals surface area contributed by atoms with Crippen molar-refractivity contribution in [2.45, 2.75) is 88.9 Å². The molecule has 4 aromatic heterocycles. The van der Waals surface area contributed by atoms with Gasteiger partial charge in [0.15, 0.2) is 22.3 Å². The Hall–Kier alpha value is -8.24. The molecule has 89 heavy (non-hydrogen) atoms. The van der Waals surface area contributed by atoms with Gasteiger partial charge in [0.1, 0.15) is 36.9 Å². The first-order valence-electron chi connectivity index (χ1n) is 25.2. The Bertz CT molecular complexity index is 3970. The summed E-state index contributed by atoms with van der Waals surface area (Å²) in [5.74, 6) is 6.70. The molecule has 478 valence electrons. The number of fused-ring (bicyclic) bond motifs is 2. The molecule has 0 spiro atoms. The fourth-order valence-corrected chi connectivity index (χ4v) is 11.4. The van der Waals surface area contributed by atoms with Crippen LogP contribution in [0.1, 0.15) is 80.5 Å². The molecule has 2 amide bonds. The van der Waals surface area contributed by atoms with E-state index in [-0.39, 0.29) is 87.7 Å². The van der Waals surface area contributed by atoms with Gasteiger partial charge in [-0.1, -0.05) is 23.7 Å². The first-order chi connectivity index (χ1) is 41.7. The average Bonchev–Trinajstić information content (AvgIpc) is 2.09. The highest BCUT2D eigenvalue weighted by Gasteiger charge is 2.44. The van der Waals surface area contributed by atoms with Crippen LogP contribution in [-0.4, -0.2) is 152 Å². The fourth-order valence-electron chi connectivity index (χ4n) is 8.39. The van der Waals surface area contributed by atoms with Gasteiger partial charge in [-0.2, -0.15) is 41.7 Å². The van der Waals surface area contributed by atoms with E-state index < -0.39 is 126 Å². The highest BCUT2D eigenvalue weighted by molar-refractivity contribution is 7.66. The SMILES string of the molecule is CC(=O)Nc1nc(OC(C)c2ccc(C#CCNC(=O)C(F)(F)F)cc2[N+](=O)[O-])c2ncn([C@H]3C[C@@H](O)[C@@H](CO)O3)c2n1.CC(Oc1nc(N)nc2c1ncn2[C@H]1C[C@@H](O)[C@@H](COP(=O)(O)OP(=O)(O)OP(=O)(O)O)O1)c1ccc(C#CCN)cc1[N+](=O)[O-]. The molecule has 2 saturated heterocycles. The number of nitrogens with two attached hydrogens (primary N) is 2. The number of alkyl halides is 3. The Morgan fingerprint density at radius 3 is 1.79 bits per heavy atom. The number of nitro groups is 2. The molecule has 37 nitrogen and oxygen atoms in total. The quantitative estimate of drug-likeness (QED) is 0.0226. The smallest absolute Gasteiger partial charge is 0.468 e. The monoisotopic (exact) mass is 1320 g/mol. The molecule has 0 bridgehead atoms. The number of nitrogens with one attached hydrogen (secondary N) is 2. The van der Waals surface area contributed by atoms with E-state index in [1.54, 1.807) is 11.4 Å². The lowest BCUT2D eigenvalue weighted by Crippen LogP contribution is -2.36. The molecule has 2 aromatic carbocycles. The summed E-state index contributed by atoms with van der Waals surface area (Å²) in [6.07, 6.45) is -10.7. The number of benzene rings is 2. The molecule has 6 aromatic rings. The molecular weight excluding hydrogens is 1270 g/mol. The number of anilines is 2. The minimum atomic E-state index is -5.74. The molecule has 2 aliphatic rings. The van der Waals surface area contributed by atoms with E-state index in [9.17, 15) is 81.8 Å². The van der Waals surface area contributed by atoms with Crippen molar-refractivity contribution in [3.8, 4) is 35.4 Å². The number of carbonyl (C=O) groups excluding carboxylic acids is 2. The second-order valence-electron chi connectivity index (χ2n) is 18.6.